The van der Waals surface area contributed by atoms with Gasteiger partial charge in [-0.15, -0.1) is 0 Å². The summed E-state index contributed by atoms with van der Waals surface area (Å²) in [6.45, 7) is 1.91. The molecule has 0 aliphatic rings. The van der Waals surface area contributed by atoms with Crippen molar-refractivity contribution in [3.05, 3.63) is 59.1 Å². The summed E-state index contributed by atoms with van der Waals surface area (Å²) >= 11 is 6.05. The molecule has 0 unspecified atom stereocenters. The topological polar surface area (TPSA) is 50.9 Å². The number of nitrogens with one attached hydrogen (secondary N) is 1. The van der Waals surface area contributed by atoms with E-state index in [4.69, 9.17) is 17.3 Å². The van der Waals surface area contributed by atoms with Gasteiger partial charge in [0.15, 0.2) is 0 Å². The van der Waals surface area contributed by atoms with Gasteiger partial charge >= 0.3 is 0 Å². The van der Waals surface area contributed by atoms with Crippen molar-refractivity contribution in [2.45, 2.75) is 6.92 Å². The van der Waals surface area contributed by atoms with E-state index in [2.05, 4.69) is 10.3 Å². The lowest BCUT2D eigenvalue weighted by Crippen LogP contribution is -1.96. The molecule has 0 amide bonds. The van der Waals surface area contributed by atoms with Gasteiger partial charge in [-0.05, 0) is 43.3 Å². The third-order valence-corrected chi connectivity index (χ3v) is 3.58. The Hall–Kier alpha value is -2.33. The minimum atomic E-state index is -0.368. The minimum Gasteiger partial charge on any atom is -0.398 e. The van der Waals surface area contributed by atoms with Crippen LogP contribution in [0.15, 0.2) is 42.6 Å². The van der Waals surface area contributed by atoms with Crippen LogP contribution >= 0.6 is 11.6 Å². The van der Waals surface area contributed by atoms with E-state index in [1.807, 2.05) is 19.1 Å². The molecular formula is C16H13ClFN3. The van der Waals surface area contributed by atoms with Crippen LogP contribution in [0.3, 0.4) is 0 Å². The Balaban J connectivity index is 2.12. The molecule has 3 nitrogen and oxygen atoms in total. The van der Waals surface area contributed by atoms with Crippen LogP contribution < -0.4 is 11.1 Å². The summed E-state index contributed by atoms with van der Waals surface area (Å²) in [6.07, 6.45) is 1.75. The summed E-state index contributed by atoms with van der Waals surface area (Å²) < 4.78 is 13.1. The Kier molecular flexibility index (Phi) is 3.39. The van der Waals surface area contributed by atoms with Gasteiger partial charge in [-0.3, -0.25) is 4.98 Å². The second-order valence-electron chi connectivity index (χ2n) is 4.82. The van der Waals surface area contributed by atoms with Crippen molar-refractivity contribution >= 4 is 39.4 Å². The zero-order valence-corrected chi connectivity index (χ0v) is 12.1. The normalized spacial score (nSPS) is 10.8. The van der Waals surface area contributed by atoms with Crippen LogP contribution in [0.1, 0.15) is 5.69 Å². The van der Waals surface area contributed by atoms with Crippen molar-refractivity contribution in [2.24, 2.45) is 0 Å². The van der Waals surface area contributed by atoms with Crippen LogP contribution in [0.2, 0.25) is 5.02 Å². The number of rotatable bonds is 2. The van der Waals surface area contributed by atoms with E-state index in [-0.39, 0.29) is 5.82 Å². The highest BCUT2D eigenvalue weighted by molar-refractivity contribution is 6.33. The highest BCUT2D eigenvalue weighted by Gasteiger charge is 2.08. The average Bonchev–Trinajstić information content (AvgIpc) is 2.44. The number of halogens is 2. The molecule has 3 N–H and O–H groups in total. The van der Waals surface area contributed by atoms with Gasteiger partial charge in [-0.25, -0.2) is 4.39 Å². The molecular weight excluding hydrogens is 289 g/mol. The molecule has 0 saturated heterocycles. The number of aryl methyl sites for hydroxylation is 1. The number of nitrogens with two attached hydrogens (primary N) is 1. The summed E-state index contributed by atoms with van der Waals surface area (Å²) in [4.78, 5) is 4.26. The summed E-state index contributed by atoms with van der Waals surface area (Å²) in [6, 6.07) is 9.87. The van der Waals surface area contributed by atoms with Crippen molar-refractivity contribution in [3.63, 3.8) is 0 Å². The molecule has 2 aromatic carbocycles. The molecule has 0 atom stereocenters. The van der Waals surface area contributed by atoms with Crippen molar-refractivity contribution in [2.75, 3.05) is 11.1 Å². The summed E-state index contributed by atoms with van der Waals surface area (Å²) in [5, 5.41) is 5.35. The molecule has 0 aliphatic carbocycles. The Morgan fingerprint density at radius 1 is 1.10 bits per heavy atom. The summed E-state index contributed by atoms with van der Waals surface area (Å²) in [5.41, 5.74) is 9.01. The average molecular weight is 302 g/mol. The van der Waals surface area contributed by atoms with E-state index in [9.17, 15) is 4.39 Å². The van der Waals surface area contributed by atoms with E-state index in [0.29, 0.717) is 16.4 Å². The van der Waals surface area contributed by atoms with Crippen LogP contribution in [0.5, 0.6) is 0 Å². The first kappa shape index (κ1) is 13.6. The van der Waals surface area contributed by atoms with Crippen LogP contribution in [0.25, 0.3) is 10.8 Å². The van der Waals surface area contributed by atoms with Crippen molar-refractivity contribution < 1.29 is 4.39 Å². The van der Waals surface area contributed by atoms with E-state index in [1.54, 1.807) is 18.3 Å². The first-order valence-electron chi connectivity index (χ1n) is 6.41. The maximum atomic E-state index is 13.1. The maximum Gasteiger partial charge on any atom is 0.124 e. The van der Waals surface area contributed by atoms with Gasteiger partial charge in [0.2, 0.25) is 0 Å². The molecule has 0 bridgehead atoms. The largest absolute Gasteiger partial charge is 0.398 e. The van der Waals surface area contributed by atoms with Gasteiger partial charge in [0.25, 0.3) is 0 Å². The van der Waals surface area contributed by atoms with E-state index >= 15 is 0 Å². The molecule has 3 rings (SSSR count). The van der Waals surface area contributed by atoms with Gasteiger partial charge in [-0.2, -0.15) is 0 Å². The standard InChI is InChI=1S/C16H13ClFN3/c1-9-6-11-12(8-20-9)14(19)3-5-15(11)21-16-4-2-10(18)7-13(16)17/h2-8,21H,19H2,1H3. The van der Waals surface area contributed by atoms with E-state index in [1.165, 1.54) is 12.1 Å². The summed E-state index contributed by atoms with van der Waals surface area (Å²) in [5.74, 6) is -0.368. The number of nitrogens with zero attached hydrogens (tertiary/aromatic N) is 1. The fraction of sp³-hybridized carbons (Fsp3) is 0.0625. The molecule has 21 heavy (non-hydrogen) atoms. The Morgan fingerprint density at radius 2 is 1.86 bits per heavy atom. The first-order chi connectivity index (χ1) is 10.0. The molecule has 0 fully saturated rings. The SMILES string of the molecule is Cc1cc2c(Nc3ccc(F)cc3Cl)ccc(N)c2cn1. The maximum absolute atomic E-state index is 13.1. The van der Waals surface area contributed by atoms with Gasteiger partial charge in [0.05, 0.1) is 10.7 Å². The lowest BCUT2D eigenvalue weighted by molar-refractivity contribution is 0.628. The number of pyridine rings is 1. The van der Waals surface area contributed by atoms with Crippen LogP contribution in [-0.2, 0) is 0 Å². The summed E-state index contributed by atoms with van der Waals surface area (Å²) in [7, 11) is 0. The monoisotopic (exact) mass is 301 g/mol. The molecule has 3 aromatic rings. The smallest absolute Gasteiger partial charge is 0.124 e. The van der Waals surface area contributed by atoms with Gasteiger partial charge in [0.1, 0.15) is 5.82 Å². The second-order valence-corrected chi connectivity index (χ2v) is 5.23. The number of nitrogen functional groups attached to an aromatic ring is 1. The van der Waals surface area contributed by atoms with Gasteiger partial charge < -0.3 is 11.1 Å². The number of fused-ring (bicyclic) bond motifs is 1. The molecule has 0 radical (unpaired) electrons. The first-order valence-corrected chi connectivity index (χ1v) is 6.79. The number of anilines is 3. The van der Waals surface area contributed by atoms with Crippen molar-refractivity contribution in [3.8, 4) is 0 Å². The van der Waals surface area contributed by atoms with E-state index < -0.39 is 0 Å². The van der Waals surface area contributed by atoms with Gasteiger partial charge in [-0.1, -0.05) is 11.6 Å². The molecule has 0 saturated carbocycles. The zero-order valence-electron chi connectivity index (χ0n) is 11.3. The molecule has 0 aliphatic heterocycles. The Morgan fingerprint density at radius 3 is 2.62 bits per heavy atom. The predicted octanol–water partition coefficient (Wildman–Crippen LogP) is 4.66. The third kappa shape index (κ3) is 2.62. The zero-order chi connectivity index (χ0) is 15.0. The van der Waals surface area contributed by atoms with Crippen LogP contribution in [0, 0.1) is 12.7 Å². The molecule has 0 spiro atoms. The third-order valence-electron chi connectivity index (χ3n) is 3.27. The number of hydrogen-bond donors (Lipinski definition) is 2. The van der Waals surface area contributed by atoms with Crippen LogP contribution in [-0.4, -0.2) is 4.98 Å². The Bertz CT molecular complexity index is 833. The Labute approximate surface area is 126 Å². The predicted molar refractivity (Wildman–Crippen MR) is 85.6 cm³/mol. The molecule has 106 valence electrons. The molecule has 1 heterocycles. The fourth-order valence-electron chi connectivity index (χ4n) is 2.21. The highest BCUT2D eigenvalue weighted by Crippen LogP contribution is 2.33. The van der Waals surface area contributed by atoms with Crippen LogP contribution in [0.4, 0.5) is 21.5 Å². The minimum absolute atomic E-state index is 0.325. The van der Waals surface area contributed by atoms with Crippen molar-refractivity contribution in [1.29, 1.82) is 0 Å². The molecule has 5 heteroatoms. The fourth-order valence-corrected chi connectivity index (χ4v) is 2.42. The number of benzene rings is 2. The van der Waals surface area contributed by atoms with Gasteiger partial charge in [0, 0.05) is 34.0 Å². The lowest BCUT2D eigenvalue weighted by Gasteiger charge is -2.13. The quantitative estimate of drug-likeness (QED) is 0.677. The van der Waals surface area contributed by atoms with Crippen molar-refractivity contribution in [1.82, 2.24) is 4.98 Å². The number of hydrogen-bond acceptors (Lipinski definition) is 3. The lowest BCUT2D eigenvalue weighted by atomic mass is 10.1. The number of aromatic nitrogens is 1. The second kappa shape index (κ2) is 5.22. The highest BCUT2D eigenvalue weighted by atomic mass is 35.5. The van der Waals surface area contributed by atoms with E-state index in [0.717, 1.165) is 22.2 Å². The molecule has 1 aromatic heterocycles.